The SMILES string of the molecule is CC/C=C\C/C=C\C/C=C\C/C=C\CCCCCCC(=O)NC(COP(=O)(O)OCC[N+](C)(C)C)C(O)CCCCCCCCCCCCCCCCC. The van der Waals surface area contributed by atoms with E-state index < -0.39 is 20.0 Å². The van der Waals surface area contributed by atoms with E-state index in [4.69, 9.17) is 9.05 Å². The standard InChI is InChI=1S/C45H85N2O6P/c1-6-8-10-12-14-16-18-20-22-23-25-27-29-31-33-35-37-39-45(49)46-43(42-53-54(50,51)52-41-40-47(3,4)5)44(48)38-36-34-32-30-28-26-24-21-19-17-15-13-11-9-7-2/h8,10,14,16,20,22,25,27,43-44,48H,6-7,9,11-13,15,17-19,21,23-24,26,28-42H2,1-5H3,(H-,46,49,50,51)/p+1/b10-8-,16-14-,22-20-,27-25-. The van der Waals surface area contributed by atoms with Crippen molar-refractivity contribution in [3.8, 4) is 0 Å². The van der Waals surface area contributed by atoms with Gasteiger partial charge in [0, 0.05) is 6.42 Å². The Morgan fingerprint density at radius 2 is 1.11 bits per heavy atom. The zero-order chi connectivity index (χ0) is 40.0. The molecule has 0 aliphatic rings. The number of rotatable bonds is 39. The number of quaternary nitrogens is 1. The lowest BCUT2D eigenvalue weighted by molar-refractivity contribution is -0.870. The van der Waals surface area contributed by atoms with E-state index in [1.807, 2.05) is 21.1 Å². The summed E-state index contributed by atoms with van der Waals surface area (Å²) >= 11 is 0. The summed E-state index contributed by atoms with van der Waals surface area (Å²) in [5, 5.41) is 13.9. The molecule has 0 aromatic carbocycles. The lowest BCUT2D eigenvalue weighted by Crippen LogP contribution is -2.46. The number of amides is 1. The number of hydrogen-bond acceptors (Lipinski definition) is 5. The first-order valence-corrected chi connectivity index (χ1v) is 23.5. The highest BCUT2D eigenvalue weighted by Crippen LogP contribution is 2.43. The second-order valence-electron chi connectivity index (χ2n) is 16.0. The van der Waals surface area contributed by atoms with Gasteiger partial charge in [0.1, 0.15) is 13.2 Å². The summed E-state index contributed by atoms with van der Waals surface area (Å²) in [4.78, 5) is 23.1. The van der Waals surface area contributed by atoms with Crippen LogP contribution in [0.15, 0.2) is 48.6 Å². The molecule has 0 bridgehead atoms. The van der Waals surface area contributed by atoms with E-state index in [2.05, 4.69) is 67.8 Å². The van der Waals surface area contributed by atoms with Crippen molar-refractivity contribution in [1.29, 1.82) is 0 Å². The molecule has 9 heteroatoms. The summed E-state index contributed by atoms with van der Waals surface area (Å²) in [7, 11) is 1.59. The summed E-state index contributed by atoms with van der Waals surface area (Å²) in [5.41, 5.74) is 0. The number of nitrogens with one attached hydrogen (secondary N) is 1. The minimum atomic E-state index is -4.32. The van der Waals surface area contributed by atoms with Crippen molar-refractivity contribution in [1.82, 2.24) is 5.32 Å². The summed E-state index contributed by atoms with van der Waals surface area (Å²) in [5.74, 6) is -0.170. The molecule has 3 unspecified atom stereocenters. The molecule has 3 N–H and O–H groups in total. The number of phosphoric acid groups is 1. The van der Waals surface area contributed by atoms with Gasteiger partial charge >= 0.3 is 7.82 Å². The third kappa shape index (κ3) is 38.7. The van der Waals surface area contributed by atoms with Gasteiger partial charge < -0.3 is 19.8 Å². The number of unbranched alkanes of at least 4 members (excludes halogenated alkanes) is 18. The van der Waals surface area contributed by atoms with Crippen LogP contribution >= 0.6 is 7.82 Å². The number of carbonyl (C=O) groups is 1. The molecule has 316 valence electrons. The topological polar surface area (TPSA) is 105 Å². The molecule has 0 heterocycles. The van der Waals surface area contributed by atoms with Gasteiger partial charge in [-0.2, -0.15) is 0 Å². The van der Waals surface area contributed by atoms with Crippen LogP contribution in [-0.4, -0.2) is 73.4 Å². The Labute approximate surface area is 333 Å². The van der Waals surface area contributed by atoms with E-state index in [1.54, 1.807) is 0 Å². The number of likely N-dealkylation sites (N-methyl/N-ethyl adjacent to an activating group) is 1. The fraction of sp³-hybridized carbons (Fsp3) is 0.800. The average Bonchev–Trinajstić information content (AvgIpc) is 3.12. The molecule has 54 heavy (non-hydrogen) atoms. The van der Waals surface area contributed by atoms with Crippen LogP contribution < -0.4 is 5.32 Å². The Bertz CT molecular complexity index is 1020. The molecule has 0 spiro atoms. The van der Waals surface area contributed by atoms with Gasteiger partial charge in [-0.25, -0.2) is 4.57 Å². The van der Waals surface area contributed by atoms with Gasteiger partial charge in [-0.3, -0.25) is 13.8 Å². The maximum absolute atomic E-state index is 12.9. The molecular weight excluding hydrogens is 695 g/mol. The summed E-state index contributed by atoms with van der Waals surface area (Å²) in [6, 6.07) is -0.773. The molecule has 0 aromatic rings. The minimum Gasteiger partial charge on any atom is -0.391 e. The largest absolute Gasteiger partial charge is 0.472 e. The second kappa shape index (κ2) is 37.1. The number of nitrogens with zero attached hydrogens (tertiary/aromatic N) is 1. The quantitative estimate of drug-likeness (QED) is 0.0248. The zero-order valence-electron chi connectivity index (χ0n) is 35.7. The van der Waals surface area contributed by atoms with Crippen LogP contribution in [0.4, 0.5) is 0 Å². The van der Waals surface area contributed by atoms with E-state index in [0.29, 0.717) is 23.9 Å². The Morgan fingerprint density at radius 1 is 0.648 bits per heavy atom. The fourth-order valence-corrected chi connectivity index (χ4v) is 6.83. The Balaban J connectivity index is 4.44. The smallest absolute Gasteiger partial charge is 0.391 e. The van der Waals surface area contributed by atoms with E-state index in [1.165, 1.54) is 77.0 Å². The molecule has 0 radical (unpaired) electrons. The molecule has 0 aliphatic heterocycles. The zero-order valence-corrected chi connectivity index (χ0v) is 36.6. The lowest BCUT2D eigenvalue weighted by Gasteiger charge is -2.26. The molecule has 1 amide bonds. The van der Waals surface area contributed by atoms with Crippen molar-refractivity contribution >= 4 is 13.7 Å². The molecule has 0 aromatic heterocycles. The van der Waals surface area contributed by atoms with Gasteiger partial charge in [-0.1, -0.05) is 172 Å². The minimum absolute atomic E-state index is 0.0677. The highest BCUT2D eigenvalue weighted by Gasteiger charge is 2.28. The maximum atomic E-state index is 12.9. The van der Waals surface area contributed by atoms with Gasteiger partial charge in [0.2, 0.25) is 5.91 Å². The van der Waals surface area contributed by atoms with Gasteiger partial charge in [-0.05, 0) is 51.4 Å². The van der Waals surface area contributed by atoms with E-state index >= 15 is 0 Å². The number of aliphatic hydroxyl groups excluding tert-OH is 1. The van der Waals surface area contributed by atoms with E-state index in [0.717, 1.165) is 77.0 Å². The second-order valence-corrected chi connectivity index (χ2v) is 17.5. The maximum Gasteiger partial charge on any atom is 0.472 e. The Kier molecular flexibility index (Phi) is 36.0. The van der Waals surface area contributed by atoms with Gasteiger partial charge in [0.05, 0.1) is 39.9 Å². The van der Waals surface area contributed by atoms with Crippen LogP contribution in [0, 0.1) is 0 Å². The third-order valence-corrected chi connectivity index (χ3v) is 10.6. The van der Waals surface area contributed by atoms with Crippen molar-refractivity contribution in [2.75, 3.05) is 40.9 Å². The number of aliphatic hydroxyl groups is 1. The Morgan fingerprint density at radius 3 is 1.63 bits per heavy atom. The van der Waals surface area contributed by atoms with Crippen LogP contribution in [0.5, 0.6) is 0 Å². The predicted octanol–water partition coefficient (Wildman–Crippen LogP) is 12.1. The van der Waals surface area contributed by atoms with Crippen molar-refractivity contribution < 1.29 is 32.9 Å². The number of phosphoric ester groups is 1. The molecule has 0 saturated carbocycles. The van der Waals surface area contributed by atoms with Crippen LogP contribution in [0.25, 0.3) is 0 Å². The average molecular weight is 782 g/mol. The molecule has 8 nitrogen and oxygen atoms in total. The van der Waals surface area contributed by atoms with Crippen LogP contribution in [0.3, 0.4) is 0 Å². The fourth-order valence-electron chi connectivity index (χ4n) is 6.09. The molecule has 0 aliphatic carbocycles. The van der Waals surface area contributed by atoms with Crippen LogP contribution in [0.2, 0.25) is 0 Å². The van der Waals surface area contributed by atoms with E-state index in [9.17, 15) is 19.4 Å². The van der Waals surface area contributed by atoms with E-state index in [-0.39, 0.29) is 19.1 Å². The highest BCUT2D eigenvalue weighted by molar-refractivity contribution is 7.47. The molecule has 3 atom stereocenters. The van der Waals surface area contributed by atoms with Gasteiger partial charge in [0.15, 0.2) is 0 Å². The van der Waals surface area contributed by atoms with Crippen molar-refractivity contribution in [3.05, 3.63) is 48.6 Å². The van der Waals surface area contributed by atoms with Gasteiger partial charge in [-0.15, -0.1) is 0 Å². The summed E-state index contributed by atoms with van der Waals surface area (Å²) in [6.45, 7) is 4.74. The summed E-state index contributed by atoms with van der Waals surface area (Å²) in [6.07, 6.45) is 45.6. The van der Waals surface area contributed by atoms with Crippen molar-refractivity contribution in [2.45, 2.75) is 193 Å². The first-order chi connectivity index (χ1) is 26.0. The summed E-state index contributed by atoms with van der Waals surface area (Å²) < 4.78 is 23.6. The first kappa shape index (κ1) is 52.5. The molecule has 0 fully saturated rings. The predicted molar refractivity (Wildman–Crippen MR) is 231 cm³/mol. The van der Waals surface area contributed by atoms with Gasteiger partial charge in [0.25, 0.3) is 0 Å². The van der Waals surface area contributed by atoms with Crippen molar-refractivity contribution in [2.24, 2.45) is 0 Å². The number of carbonyl (C=O) groups excluding carboxylic acids is 1. The normalized spacial score (nSPS) is 14.9. The first-order valence-electron chi connectivity index (χ1n) is 22.0. The molecule has 0 rings (SSSR count). The number of allylic oxidation sites excluding steroid dienone is 8. The number of hydrogen-bond donors (Lipinski definition) is 3. The Hall–Kier alpha value is -1.54. The third-order valence-electron chi connectivity index (χ3n) is 9.59. The molecular formula is C45H86N2O6P+. The lowest BCUT2D eigenvalue weighted by atomic mass is 10.0. The molecule has 0 saturated heterocycles. The van der Waals surface area contributed by atoms with Crippen LogP contribution in [-0.2, 0) is 18.4 Å². The van der Waals surface area contributed by atoms with Crippen molar-refractivity contribution in [3.63, 3.8) is 0 Å². The highest BCUT2D eigenvalue weighted by atomic mass is 31.2. The van der Waals surface area contributed by atoms with Crippen LogP contribution in [0.1, 0.15) is 181 Å². The monoisotopic (exact) mass is 782 g/mol.